The number of hydrogen-bond acceptors (Lipinski definition) is 6. The van der Waals surface area contributed by atoms with Crippen LogP contribution in [0.5, 0.6) is 0 Å². The van der Waals surface area contributed by atoms with Crippen LogP contribution in [-0.2, 0) is 14.4 Å². The zero-order chi connectivity index (χ0) is 17.6. The molecule has 8 nitrogen and oxygen atoms in total. The van der Waals surface area contributed by atoms with Crippen LogP contribution < -0.4 is 5.32 Å². The average molecular weight is 355 g/mol. The first-order valence-electron chi connectivity index (χ1n) is 7.95. The smallest absolute Gasteiger partial charge is 0.353 e. The maximum atomic E-state index is 12.3. The van der Waals surface area contributed by atoms with Crippen molar-refractivity contribution in [2.45, 2.75) is 37.3 Å². The number of likely N-dealkylation sites (tertiary alicyclic amines) is 1. The largest absolute Gasteiger partial charge is 0.477 e. The fourth-order valence-corrected chi connectivity index (χ4v) is 5.05. The zero-order valence-electron chi connectivity index (χ0n) is 13.6. The van der Waals surface area contributed by atoms with Crippen molar-refractivity contribution in [3.05, 3.63) is 10.6 Å². The molecule has 24 heavy (non-hydrogen) atoms. The molecule has 3 heterocycles. The third-order valence-electron chi connectivity index (χ3n) is 4.82. The van der Waals surface area contributed by atoms with E-state index < -0.39 is 23.4 Å². The summed E-state index contributed by atoms with van der Waals surface area (Å²) < 4.78 is 0. The molecule has 3 N–H and O–H groups in total. The molecule has 0 saturated carbocycles. The molecule has 9 heteroatoms. The SMILES string of the molecule is C[C@@H](O)[C@H]1C(=O)N2C(C(=O)O)=C(CNC(=O)[C@H]3CCCN3C)S[C@H]12. The van der Waals surface area contributed by atoms with Gasteiger partial charge in [0.15, 0.2) is 0 Å². The lowest BCUT2D eigenvalue weighted by molar-refractivity contribution is -0.156. The normalized spacial score (nSPS) is 31.0. The number of thioether (sulfide) groups is 1. The number of aliphatic hydroxyl groups is 1. The minimum atomic E-state index is -1.19. The van der Waals surface area contributed by atoms with E-state index in [1.807, 2.05) is 11.9 Å². The molecule has 0 aromatic carbocycles. The summed E-state index contributed by atoms with van der Waals surface area (Å²) in [7, 11) is 1.89. The Balaban J connectivity index is 1.69. The van der Waals surface area contributed by atoms with Crippen molar-refractivity contribution < 1.29 is 24.6 Å². The summed E-state index contributed by atoms with van der Waals surface area (Å²) in [5.74, 6) is -2.29. The van der Waals surface area contributed by atoms with Crippen LogP contribution in [0.3, 0.4) is 0 Å². The molecule has 0 aliphatic carbocycles. The van der Waals surface area contributed by atoms with Crippen LogP contribution in [0.2, 0.25) is 0 Å². The molecule has 3 rings (SSSR count). The number of β-lactam (4-membered cyclic amide) rings is 1. The summed E-state index contributed by atoms with van der Waals surface area (Å²) >= 11 is 1.24. The van der Waals surface area contributed by atoms with Gasteiger partial charge in [0, 0.05) is 4.91 Å². The number of aliphatic hydroxyl groups excluding tert-OH is 1. The van der Waals surface area contributed by atoms with E-state index >= 15 is 0 Å². The Kier molecular flexibility index (Phi) is 4.58. The molecule has 0 unspecified atom stereocenters. The molecule has 2 fully saturated rings. The van der Waals surface area contributed by atoms with Crippen molar-refractivity contribution in [2.24, 2.45) is 5.92 Å². The summed E-state index contributed by atoms with van der Waals surface area (Å²) in [4.78, 5) is 39.5. The first kappa shape index (κ1) is 17.2. The molecule has 0 radical (unpaired) electrons. The second-order valence-corrected chi connectivity index (χ2v) is 7.63. The Bertz CT molecular complexity index is 620. The van der Waals surface area contributed by atoms with Crippen molar-refractivity contribution >= 4 is 29.5 Å². The second kappa shape index (κ2) is 6.38. The molecule has 3 aliphatic heterocycles. The van der Waals surface area contributed by atoms with Gasteiger partial charge in [0.1, 0.15) is 11.1 Å². The fraction of sp³-hybridized carbons (Fsp3) is 0.667. The number of aliphatic carboxylic acids is 1. The van der Waals surface area contributed by atoms with Crippen LogP contribution in [0.4, 0.5) is 0 Å². The lowest BCUT2D eigenvalue weighted by Crippen LogP contribution is -2.60. The number of carboxylic acids is 1. The van der Waals surface area contributed by atoms with Gasteiger partial charge in [0.2, 0.25) is 11.8 Å². The van der Waals surface area contributed by atoms with Crippen LogP contribution in [-0.4, -0.2) is 75.5 Å². The summed E-state index contributed by atoms with van der Waals surface area (Å²) in [6.45, 7) is 2.48. The first-order valence-corrected chi connectivity index (χ1v) is 8.83. The van der Waals surface area contributed by atoms with Crippen LogP contribution in [0.1, 0.15) is 19.8 Å². The Labute approximate surface area is 143 Å². The average Bonchev–Trinajstić information content (AvgIpc) is 3.06. The highest BCUT2D eigenvalue weighted by atomic mass is 32.2. The van der Waals surface area contributed by atoms with Crippen molar-refractivity contribution in [2.75, 3.05) is 20.1 Å². The third kappa shape index (κ3) is 2.70. The second-order valence-electron chi connectivity index (χ2n) is 6.42. The molecule has 0 bridgehead atoms. The molecule has 0 aromatic heterocycles. The quantitative estimate of drug-likeness (QED) is 0.565. The van der Waals surface area contributed by atoms with E-state index in [4.69, 9.17) is 0 Å². The van der Waals surface area contributed by atoms with Crippen LogP contribution in [0.25, 0.3) is 0 Å². The molecule has 132 valence electrons. The van der Waals surface area contributed by atoms with Crippen molar-refractivity contribution in [3.8, 4) is 0 Å². The minimum Gasteiger partial charge on any atom is -0.477 e. The number of amides is 2. The molecule has 0 aromatic rings. The van der Waals surface area contributed by atoms with Gasteiger partial charge in [-0.25, -0.2) is 4.79 Å². The maximum Gasteiger partial charge on any atom is 0.353 e. The van der Waals surface area contributed by atoms with Gasteiger partial charge < -0.3 is 15.5 Å². The van der Waals surface area contributed by atoms with Gasteiger partial charge in [0.25, 0.3) is 0 Å². The van der Waals surface area contributed by atoms with Crippen LogP contribution in [0.15, 0.2) is 10.6 Å². The molecule has 0 spiro atoms. The number of likely N-dealkylation sites (N-methyl/N-ethyl adjacent to an activating group) is 1. The monoisotopic (exact) mass is 355 g/mol. The zero-order valence-corrected chi connectivity index (χ0v) is 14.4. The van der Waals surface area contributed by atoms with E-state index in [1.165, 1.54) is 23.6 Å². The highest BCUT2D eigenvalue weighted by molar-refractivity contribution is 8.04. The van der Waals surface area contributed by atoms with Gasteiger partial charge in [-0.3, -0.25) is 19.4 Å². The highest BCUT2D eigenvalue weighted by Crippen LogP contribution is 2.49. The Hall–Kier alpha value is -1.58. The van der Waals surface area contributed by atoms with Crippen molar-refractivity contribution in [3.63, 3.8) is 0 Å². The maximum absolute atomic E-state index is 12.3. The topological polar surface area (TPSA) is 110 Å². The summed E-state index contributed by atoms with van der Waals surface area (Å²) in [6, 6.07) is -0.186. The molecular weight excluding hydrogens is 334 g/mol. The Morgan fingerprint density at radius 2 is 2.17 bits per heavy atom. The van der Waals surface area contributed by atoms with Gasteiger partial charge in [-0.15, -0.1) is 0 Å². The summed E-state index contributed by atoms with van der Waals surface area (Å²) in [5, 5.41) is 21.5. The predicted octanol–water partition coefficient (Wildman–Crippen LogP) is -0.595. The number of carboxylic acid groups (broad SMARTS) is 1. The number of carbonyl (C=O) groups excluding carboxylic acids is 2. The van der Waals surface area contributed by atoms with E-state index in [0.717, 1.165) is 19.4 Å². The van der Waals surface area contributed by atoms with Gasteiger partial charge >= 0.3 is 5.97 Å². The number of rotatable bonds is 5. The number of nitrogens with one attached hydrogen (secondary N) is 1. The third-order valence-corrected chi connectivity index (χ3v) is 6.19. The molecule has 4 atom stereocenters. The number of carbonyl (C=O) groups is 3. The van der Waals surface area contributed by atoms with Gasteiger partial charge in [-0.05, 0) is 33.4 Å². The predicted molar refractivity (Wildman–Crippen MR) is 86.7 cm³/mol. The first-order chi connectivity index (χ1) is 11.3. The number of fused-ring (bicyclic) bond motifs is 1. The van der Waals surface area contributed by atoms with Crippen molar-refractivity contribution in [1.82, 2.24) is 15.1 Å². The van der Waals surface area contributed by atoms with E-state index in [0.29, 0.717) is 4.91 Å². The van der Waals surface area contributed by atoms with E-state index in [9.17, 15) is 24.6 Å². The standard InChI is InChI=1S/C15H21N3O5S/c1-7(19)10-13(21)18-11(15(22)23)9(24-14(10)18)6-16-12(20)8-4-3-5-17(8)2/h7-8,10,14,19H,3-6H2,1-2H3,(H,16,20)(H,22,23)/t7-,8-,10+,14-/m1/s1. The molecule has 3 aliphatic rings. The summed E-state index contributed by atoms with van der Waals surface area (Å²) in [6.07, 6.45) is 0.923. The fourth-order valence-electron chi connectivity index (χ4n) is 3.50. The van der Waals surface area contributed by atoms with E-state index in [1.54, 1.807) is 0 Å². The lowest BCUT2D eigenvalue weighted by Gasteiger charge is -2.43. The van der Waals surface area contributed by atoms with Crippen LogP contribution >= 0.6 is 11.8 Å². The molecule has 2 saturated heterocycles. The van der Waals surface area contributed by atoms with Gasteiger partial charge in [0.05, 0.1) is 24.6 Å². The Morgan fingerprint density at radius 3 is 2.71 bits per heavy atom. The van der Waals surface area contributed by atoms with Gasteiger partial charge in [-0.2, -0.15) is 0 Å². The van der Waals surface area contributed by atoms with Crippen LogP contribution in [0, 0.1) is 5.92 Å². The van der Waals surface area contributed by atoms with Gasteiger partial charge in [-0.1, -0.05) is 11.8 Å². The number of hydrogen-bond donors (Lipinski definition) is 3. The number of nitrogens with zero attached hydrogens (tertiary/aromatic N) is 2. The molecule has 2 amide bonds. The summed E-state index contributed by atoms with van der Waals surface area (Å²) in [5.41, 5.74) is -0.0769. The lowest BCUT2D eigenvalue weighted by atomic mass is 9.92. The highest BCUT2D eigenvalue weighted by Gasteiger charge is 2.57. The minimum absolute atomic E-state index is 0.0769. The molecular formula is C15H21N3O5S. The Morgan fingerprint density at radius 1 is 1.46 bits per heavy atom. The van der Waals surface area contributed by atoms with Crippen molar-refractivity contribution in [1.29, 1.82) is 0 Å². The van der Waals surface area contributed by atoms with E-state index in [-0.39, 0.29) is 30.1 Å². The van der Waals surface area contributed by atoms with E-state index in [2.05, 4.69) is 5.32 Å².